The van der Waals surface area contributed by atoms with Crippen molar-refractivity contribution in [2.24, 2.45) is 0 Å². The number of thioether (sulfide) groups is 1. The highest BCUT2D eigenvalue weighted by molar-refractivity contribution is 8.00. The number of aryl methyl sites for hydroxylation is 1. The van der Waals surface area contributed by atoms with E-state index < -0.39 is 0 Å². The Morgan fingerprint density at radius 3 is 2.44 bits per heavy atom. The molecular weight excluding hydrogens is 442 g/mol. The minimum atomic E-state index is -0.0892. The zero-order chi connectivity index (χ0) is 22.5. The topological polar surface area (TPSA) is 61.4 Å². The van der Waals surface area contributed by atoms with Crippen molar-refractivity contribution in [3.8, 4) is 0 Å². The Kier molecular flexibility index (Phi) is 7.17. The molecule has 1 aliphatic heterocycles. The average molecular weight is 468 g/mol. The molecule has 4 rings (SSSR count). The summed E-state index contributed by atoms with van der Waals surface area (Å²) in [6, 6.07) is 13.5. The molecule has 8 heteroatoms. The number of hydrogen-bond donors (Lipinski definition) is 1. The SMILES string of the molecule is Cc1cccc(N2CCN(c3nccnc3SCC(=O)Nc3ccc(Cl)cc3)CC2)c1C. The Morgan fingerprint density at radius 2 is 1.69 bits per heavy atom. The third-order valence-electron chi connectivity index (χ3n) is 5.61. The van der Waals surface area contributed by atoms with E-state index >= 15 is 0 Å². The van der Waals surface area contributed by atoms with Gasteiger partial charge in [0, 0.05) is 55.0 Å². The summed E-state index contributed by atoms with van der Waals surface area (Å²) < 4.78 is 0. The maximum absolute atomic E-state index is 12.4. The summed E-state index contributed by atoms with van der Waals surface area (Å²) in [5.41, 5.74) is 4.68. The van der Waals surface area contributed by atoms with Gasteiger partial charge in [-0.15, -0.1) is 0 Å². The van der Waals surface area contributed by atoms with Gasteiger partial charge in [-0.2, -0.15) is 0 Å². The van der Waals surface area contributed by atoms with Crippen LogP contribution < -0.4 is 15.1 Å². The summed E-state index contributed by atoms with van der Waals surface area (Å²) in [4.78, 5) is 26.2. The van der Waals surface area contributed by atoms with Crippen molar-refractivity contribution in [2.75, 3.05) is 47.0 Å². The second-order valence-electron chi connectivity index (χ2n) is 7.72. The Bertz CT molecular complexity index is 1080. The van der Waals surface area contributed by atoms with E-state index in [1.54, 1.807) is 36.7 Å². The molecule has 2 aromatic carbocycles. The van der Waals surface area contributed by atoms with E-state index in [4.69, 9.17) is 11.6 Å². The van der Waals surface area contributed by atoms with Gasteiger partial charge in [0.25, 0.3) is 0 Å². The summed E-state index contributed by atoms with van der Waals surface area (Å²) in [6.07, 6.45) is 3.39. The Hall–Kier alpha value is -2.77. The molecule has 0 atom stereocenters. The first-order valence-corrected chi connectivity index (χ1v) is 11.9. The van der Waals surface area contributed by atoms with Gasteiger partial charge in [-0.3, -0.25) is 4.79 Å². The van der Waals surface area contributed by atoms with Gasteiger partial charge in [-0.05, 0) is 55.3 Å². The summed E-state index contributed by atoms with van der Waals surface area (Å²) in [5.74, 6) is 1.02. The standard InChI is InChI=1S/C24H26ClN5OS/c1-17-4-3-5-21(18(17)2)29-12-14-30(15-13-29)23-24(27-11-10-26-23)32-16-22(31)28-20-8-6-19(25)7-9-20/h3-11H,12-16H2,1-2H3,(H,28,31). The normalized spacial score (nSPS) is 13.8. The van der Waals surface area contributed by atoms with Crippen LogP contribution in [0.3, 0.4) is 0 Å². The lowest BCUT2D eigenvalue weighted by molar-refractivity contribution is -0.113. The first kappa shape index (κ1) is 22.4. The molecule has 6 nitrogen and oxygen atoms in total. The molecule has 1 amide bonds. The van der Waals surface area contributed by atoms with Gasteiger partial charge in [-0.25, -0.2) is 9.97 Å². The molecule has 0 radical (unpaired) electrons. The molecule has 2 heterocycles. The fraction of sp³-hybridized carbons (Fsp3) is 0.292. The van der Waals surface area contributed by atoms with Crippen molar-refractivity contribution in [3.05, 3.63) is 71.0 Å². The van der Waals surface area contributed by atoms with Gasteiger partial charge < -0.3 is 15.1 Å². The van der Waals surface area contributed by atoms with E-state index in [0.717, 1.165) is 42.7 Å². The van der Waals surface area contributed by atoms with Gasteiger partial charge >= 0.3 is 0 Å². The molecule has 1 N–H and O–H groups in total. The molecular formula is C24H26ClN5OS. The second-order valence-corrected chi connectivity index (χ2v) is 9.12. The number of halogens is 1. The number of carbonyl (C=O) groups excluding carboxylic acids is 1. The van der Waals surface area contributed by atoms with Crippen LogP contribution in [0.15, 0.2) is 59.9 Å². The smallest absolute Gasteiger partial charge is 0.234 e. The molecule has 0 aliphatic carbocycles. The molecule has 3 aromatic rings. The fourth-order valence-corrected chi connectivity index (χ4v) is 4.65. The van der Waals surface area contributed by atoms with Crippen LogP contribution in [0, 0.1) is 13.8 Å². The first-order valence-electron chi connectivity index (χ1n) is 10.6. The molecule has 1 aliphatic rings. The van der Waals surface area contributed by atoms with Crippen molar-refractivity contribution in [1.82, 2.24) is 9.97 Å². The molecule has 1 aromatic heterocycles. The number of rotatable bonds is 6. The van der Waals surface area contributed by atoms with Crippen LogP contribution >= 0.6 is 23.4 Å². The summed E-state index contributed by atoms with van der Waals surface area (Å²) >= 11 is 7.31. The molecule has 1 saturated heterocycles. The molecule has 1 fully saturated rings. The number of aromatic nitrogens is 2. The van der Waals surface area contributed by atoms with Crippen LogP contribution in [0.4, 0.5) is 17.2 Å². The lowest BCUT2D eigenvalue weighted by Gasteiger charge is -2.37. The zero-order valence-electron chi connectivity index (χ0n) is 18.2. The molecule has 0 spiro atoms. The van der Waals surface area contributed by atoms with Crippen molar-refractivity contribution >= 4 is 46.5 Å². The third kappa shape index (κ3) is 5.34. The summed E-state index contributed by atoms with van der Waals surface area (Å²) in [7, 11) is 0. The monoisotopic (exact) mass is 467 g/mol. The highest BCUT2D eigenvalue weighted by Gasteiger charge is 2.22. The Balaban J connectivity index is 1.37. The lowest BCUT2D eigenvalue weighted by atomic mass is 10.1. The first-order chi connectivity index (χ1) is 15.5. The van der Waals surface area contributed by atoms with Crippen LogP contribution in [0.25, 0.3) is 0 Å². The van der Waals surface area contributed by atoms with Crippen molar-refractivity contribution < 1.29 is 4.79 Å². The van der Waals surface area contributed by atoms with Gasteiger partial charge in [0.2, 0.25) is 5.91 Å². The molecule has 0 saturated carbocycles. The van der Waals surface area contributed by atoms with E-state index in [9.17, 15) is 4.79 Å². The number of hydrogen-bond acceptors (Lipinski definition) is 6. The number of amides is 1. The predicted octanol–water partition coefficient (Wildman–Crippen LogP) is 4.80. The predicted molar refractivity (Wildman–Crippen MR) is 133 cm³/mol. The van der Waals surface area contributed by atoms with Crippen LogP contribution in [0.1, 0.15) is 11.1 Å². The number of nitrogens with one attached hydrogen (secondary N) is 1. The summed E-state index contributed by atoms with van der Waals surface area (Å²) in [6.45, 7) is 7.89. The number of nitrogens with zero attached hydrogens (tertiary/aromatic N) is 4. The quantitative estimate of drug-likeness (QED) is 0.525. The minimum Gasteiger partial charge on any atom is -0.368 e. The van der Waals surface area contributed by atoms with Crippen molar-refractivity contribution in [3.63, 3.8) is 0 Å². The highest BCUT2D eigenvalue weighted by atomic mass is 35.5. The fourth-order valence-electron chi connectivity index (χ4n) is 3.74. The highest BCUT2D eigenvalue weighted by Crippen LogP contribution is 2.29. The Labute approximate surface area is 198 Å². The van der Waals surface area contributed by atoms with Gasteiger partial charge in [0.15, 0.2) is 5.82 Å². The van der Waals surface area contributed by atoms with Gasteiger partial charge in [-0.1, -0.05) is 35.5 Å². The van der Waals surface area contributed by atoms with Crippen LogP contribution in [0.2, 0.25) is 5.02 Å². The largest absolute Gasteiger partial charge is 0.368 e. The van der Waals surface area contributed by atoms with E-state index in [0.29, 0.717) is 5.02 Å². The molecule has 0 unspecified atom stereocenters. The molecule has 32 heavy (non-hydrogen) atoms. The number of piperazine rings is 1. The van der Waals surface area contributed by atoms with Crippen molar-refractivity contribution in [2.45, 2.75) is 18.9 Å². The minimum absolute atomic E-state index is 0.0892. The maximum atomic E-state index is 12.4. The van der Waals surface area contributed by atoms with Crippen LogP contribution in [-0.4, -0.2) is 47.8 Å². The van der Waals surface area contributed by atoms with E-state index in [1.165, 1.54) is 28.6 Å². The van der Waals surface area contributed by atoms with E-state index in [2.05, 4.69) is 57.1 Å². The van der Waals surface area contributed by atoms with E-state index in [1.807, 2.05) is 0 Å². The van der Waals surface area contributed by atoms with Crippen LogP contribution in [0.5, 0.6) is 0 Å². The number of benzene rings is 2. The number of anilines is 3. The third-order valence-corrected chi connectivity index (χ3v) is 6.83. The second kappa shape index (κ2) is 10.2. The van der Waals surface area contributed by atoms with E-state index in [-0.39, 0.29) is 11.7 Å². The van der Waals surface area contributed by atoms with Gasteiger partial charge in [0.1, 0.15) is 5.03 Å². The summed E-state index contributed by atoms with van der Waals surface area (Å²) in [5, 5.41) is 4.30. The lowest BCUT2D eigenvalue weighted by Crippen LogP contribution is -2.47. The number of carbonyl (C=O) groups is 1. The van der Waals surface area contributed by atoms with Crippen LogP contribution in [-0.2, 0) is 4.79 Å². The van der Waals surface area contributed by atoms with Gasteiger partial charge in [0.05, 0.1) is 5.75 Å². The molecule has 166 valence electrons. The zero-order valence-corrected chi connectivity index (χ0v) is 19.8. The van der Waals surface area contributed by atoms with Crippen molar-refractivity contribution in [1.29, 1.82) is 0 Å². The average Bonchev–Trinajstić information content (AvgIpc) is 2.81. The Morgan fingerprint density at radius 1 is 1.00 bits per heavy atom. The molecule has 0 bridgehead atoms. The maximum Gasteiger partial charge on any atom is 0.234 e.